The summed E-state index contributed by atoms with van der Waals surface area (Å²) in [6.45, 7) is 3.13. The van der Waals surface area contributed by atoms with Crippen LogP contribution in [0.5, 0.6) is 0 Å². The molecule has 0 aromatic rings. The molecule has 2 unspecified atom stereocenters. The van der Waals surface area contributed by atoms with Gasteiger partial charge < -0.3 is 4.74 Å². The Balaban J connectivity index is 2.07. The van der Waals surface area contributed by atoms with Gasteiger partial charge in [-0.1, -0.05) is 13.3 Å². The zero-order valence-electron chi connectivity index (χ0n) is 9.89. The Kier molecular flexibility index (Phi) is 3.87. The molecule has 0 aromatic carbocycles. The Bertz CT molecular complexity index is 328. The molecular weight excluding hydrogens is 226 g/mol. The number of morpholine rings is 1. The van der Waals surface area contributed by atoms with Gasteiger partial charge in [0.2, 0.25) is 10.0 Å². The molecule has 2 aliphatic rings. The predicted molar refractivity (Wildman–Crippen MR) is 62.8 cm³/mol. The largest absolute Gasteiger partial charge is 0.375 e. The molecule has 0 aromatic heterocycles. The maximum atomic E-state index is 12.2. The molecule has 2 rings (SSSR count). The fraction of sp³-hybridized carbons (Fsp3) is 1.00. The Morgan fingerprint density at radius 1 is 1.38 bits per heavy atom. The van der Waals surface area contributed by atoms with E-state index in [-0.39, 0.29) is 12.1 Å². The molecule has 1 saturated carbocycles. The lowest BCUT2D eigenvalue weighted by molar-refractivity contribution is -0.0241. The van der Waals surface area contributed by atoms with Gasteiger partial charge in [-0.05, 0) is 25.7 Å². The molecule has 5 heteroatoms. The molecule has 94 valence electrons. The van der Waals surface area contributed by atoms with Crippen molar-refractivity contribution in [3.63, 3.8) is 0 Å². The normalized spacial score (nSPS) is 31.6. The quantitative estimate of drug-likeness (QED) is 0.754. The summed E-state index contributed by atoms with van der Waals surface area (Å²) < 4.78 is 31.7. The summed E-state index contributed by atoms with van der Waals surface area (Å²) in [5.74, 6) is 0.298. The van der Waals surface area contributed by atoms with Crippen molar-refractivity contribution in [3.8, 4) is 0 Å². The molecule has 0 amide bonds. The fourth-order valence-electron chi connectivity index (χ4n) is 2.68. The van der Waals surface area contributed by atoms with Crippen molar-refractivity contribution in [3.05, 3.63) is 0 Å². The van der Waals surface area contributed by atoms with Crippen LogP contribution in [0.3, 0.4) is 0 Å². The molecule has 0 radical (unpaired) electrons. The van der Waals surface area contributed by atoms with Crippen molar-refractivity contribution in [2.45, 2.75) is 51.2 Å². The van der Waals surface area contributed by atoms with Crippen LogP contribution in [0.1, 0.15) is 39.0 Å². The monoisotopic (exact) mass is 247 g/mol. The molecular formula is C11H21NO3S. The van der Waals surface area contributed by atoms with Gasteiger partial charge in [0.05, 0.1) is 24.5 Å². The zero-order chi connectivity index (χ0) is 11.6. The van der Waals surface area contributed by atoms with E-state index in [1.807, 2.05) is 6.92 Å². The highest BCUT2D eigenvalue weighted by Gasteiger charge is 2.41. The lowest BCUT2D eigenvalue weighted by Gasteiger charge is -2.36. The number of rotatable bonds is 4. The lowest BCUT2D eigenvalue weighted by Crippen LogP contribution is -2.51. The van der Waals surface area contributed by atoms with E-state index in [4.69, 9.17) is 4.74 Å². The van der Waals surface area contributed by atoms with Crippen LogP contribution in [0.4, 0.5) is 0 Å². The van der Waals surface area contributed by atoms with E-state index in [0.29, 0.717) is 18.9 Å². The number of fused-ring (bicyclic) bond motifs is 1. The SMILES string of the molecule is CCCCS(=O)(=O)N1CCOC2CCCC21. The third kappa shape index (κ3) is 2.41. The standard InChI is InChI=1S/C11H21NO3S/c1-2-3-9-16(13,14)12-7-8-15-11-6-4-5-10(11)12/h10-11H,2-9H2,1H3. The summed E-state index contributed by atoms with van der Waals surface area (Å²) >= 11 is 0. The van der Waals surface area contributed by atoms with Crippen LogP contribution in [0, 0.1) is 0 Å². The van der Waals surface area contributed by atoms with E-state index in [2.05, 4.69) is 0 Å². The van der Waals surface area contributed by atoms with E-state index in [0.717, 1.165) is 32.1 Å². The minimum atomic E-state index is -3.05. The number of sulfonamides is 1. The van der Waals surface area contributed by atoms with Crippen LogP contribution in [-0.2, 0) is 14.8 Å². The number of hydrogen-bond acceptors (Lipinski definition) is 3. The van der Waals surface area contributed by atoms with E-state index < -0.39 is 10.0 Å². The molecule has 1 saturated heterocycles. The van der Waals surface area contributed by atoms with Crippen LogP contribution in [0.2, 0.25) is 0 Å². The molecule has 0 bridgehead atoms. The minimum Gasteiger partial charge on any atom is -0.375 e. The van der Waals surface area contributed by atoms with Crippen molar-refractivity contribution >= 4 is 10.0 Å². The van der Waals surface area contributed by atoms with Gasteiger partial charge in [-0.15, -0.1) is 0 Å². The minimum absolute atomic E-state index is 0.121. The maximum absolute atomic E-state index is 12.2. The number of nitrogens with zero attached hydrogens (tertiary/aromatic N) is 1. The van der Waals surface area contributed by atoms with E-state index >= 15 is 0 Å². The van der Waals surface area contributed by atoms with Crippen molar-refractivity contribution in [2.75, 3.05) is 18.9 Å². The lowest BCUT2D eigenvalue weighted by atomic mass is 10.2. The Morgan fingerprint density at radius 2 is 2.19 bits per heavy atom. The number of ether oxygens (including phenoxy) is 1. The predicted octanol–water partition coefficient (Wildman–Crippen LogP) is 1.37. The van der Waals surface area contributed by atoms with Gasteiger partial charge in [-0.2, -0.15) is 4.31 Å². The highest BCUT2D eigenvalue weighted by Crippen LogP contribution is 2.31. The summed E-state index contributed by atoms with van der Waals surface area (Å²) in [4.78, 5) is 0. The number of unbranched alkanes of at least 4 members (excludes halogenated alkanes) is 1. The molecule has 2 fully saturated rings. The van der Waals surface area contributed by atoms with Gasteiger partial charge in [0.15, 0.2) is 0 Å². The Hall–Kier alpha value is -0.130. The smallest absolute Gasteiger partial charge is 0.214 e. The van der Waals surface area contributed by atoms with Crippen LogP contribution in [0.25, 0.3) is 0 Å². The van der Waals surface area contributed by atoms with Gasteiger partial charge in [0.1, 0.15) is 0 Å². The van der Waals surface area contributed by atoms with Crippen molar-refractivity contribution in [2.24, 2.45) is 0 Å². The summed E-state index contributed by atoms with van der Waals surface area (Å²) in [5.41, 5.74) is 0. The van der Waals surface area contributed by atoms with Gasteiger partial charge >= 0.3 is 0 Å². The molecule has 16 heavy (non-hydrogen) atoms. The summed E-state index contributed by atoms with van der Waals surface area (Å²) in [5, 5.41) is 0. The van der Waals surface area contributed by atoms with Crippen LogP contribution in [0.15, 0.2) is 0 Å². The Labute approximate surface area is 98.0 Å². The first-order chi connectivity index (χ1) is 7.65. The molecule has 2 atom stereocenters. The van der Waals surface area contributed by atoms with Gasteiger partial charge in [0.25, 0.3) is 0 Å². The third-order valence-corrected chi connectivity index (χ3v) is 5.52. The van der Waals surface area contributed by atoms with Crippen molar-refractivity contribution in [1.29, 1.82) is 0 Å². The summed E-state index contributed by atoms with van der Waals surface area (Å²) in [6, 6.07) is 0.121. The van der Waals surface area contributed by atoms with Crippen molar-refractivity contribution < 1.29 is 13.2 Å². The first-order valence-electron chi connectivity index (χ1n) is 6.26. The Morgan fingerprint density at radius 3 is 2.94 bits per heavy atom. The summed E-state index contributed by atoms with van der Waals surface area (Å²) in [7, 11) is -3.05. The highest BCUT2D eigenvalue weighted by molar-refractivity contribution is 7.89. The summed E-state index contributed by atoms with van der Waals surface area (Å²) in [6.07, 6.45) is 4.93. The topological polar surface area (TPSA) is 46.6 Å². The van der Waals surface area contributed by atoms with Gasteiger partial charge in [0, 0.05) is 6.54 Å². The third-order valence-electron chi connectivity index (χ3n) is 3.54. The molecule has 0 N–H and O–H groups in total. The maximum Gasteiger partial charge on any atom is 0.214 e. The van der Waals surface area contributed by atoms with Crippen LogP contribution in [-0.4, -0.2) is 43.8 Å². The van der Waals surface area contributed by atoms with Crippen LogP contribution < -0.4 is 0 Å². The molecule has 1 heterocycles. The second-order valence-corrected chi connectivity index (χ2v) is 6.73. The van der Waals surface area contributed by atoms with E-state index in [1.54, 1.807) is 4.31 Å². The van der Waals surface area contributed by atoms with Gasteiger partial charge in [-0.25, -0.2) is 8.42 Å². The average molecular weight is 247 g/mol. The van der Waals surface area contributed by atoms with E-state index in [9.17, 15) is 8.42 Å². The molecule has 1 aliphatic carbocycles. The fourth-order valence-corrected chi connectivity index (χ4v) is 4.57. The first kappa shape index (κ1) is 12.3. The second-order valence-electron chi connectivity index (χ2n) is 4.69. The zero-order valence-corrected chi connectivity index (χ0v) is 10.7. The van der Waals surface area contributed by atoms with Gasteiger partial charge in [-0.3, -0.25) is 0 Å². The first-order valence-corrected chi connectivity index (χ1v) is 7.87. The molecule has 1 aliphatic heterocycles. The van der Waals surface area contributed by atoms with Crippen molar-refractivity contribution in [1.82, 2.24) is 4.31 Å². The van der Waals surface area contributed by atoms with E-state index in [1.165, 1.54) is 0 Å². The number of hydrogen-bond donors (Lipinski definition) is 0. The second kappa shape index (κ2) is 5.02. The molecule has 0 spiro atoms. The van der Waals surface area contributed by atoms with Crippen LogP contribution >= 0.6 is 0 Å². The highest BCUT2D eigenvalue weighted by atomic mass is 32.2. The molecule has 4 nitrogen and oxygen atoms in total. The average Bonchev–Trinajstić information content (AvgIpc) is 2.73.